The molecule has 2 aliphatic heterocycles. The van der Waals surface area contributed by atoms with Crippen LogP contribution in [-0.2, 0) is 0 Å². The lowest BCUT2D eigenvalue weighted by Gasteiger charge is -2.33. The van der Waals surface area contributed by atoms with E-state index in [1.807, 2.05) is 30.3 Å². The molecule has 10 aromatic rings. The SMILES string of the molecule is c1ccc(N(c2ccccc2)c2ccc3c(c2)Oc2cccc4c2B3c2cc3oc5cc6cc(N(c7ccccc7)c7ccccc7)ccc6cc5c3cc2O4)cc1. The zero-order valence-corrected chi connectivity index (χ0v) is 31.2. The summed E-state index contributed by atoms with van der Waals surface area (Å²) in [5.41, 5.74) is 11.3. The highest BCUT2D eigenvalue weighted by Gasteiger charge is 2.41. The van der Waals surface area contributed by atoms with E-state index in [2.05, 4.69) is 180 Å². The Kier molecular flexibility index (Phi) is 7.26. The summed E-state index contributed by atoms with van der Waals surface area (Å²) in [4.78, 5) is 4.55. The minimum Gasteiger partial charge on any atom is -0.458 e. The van der Waals surface area contributed by atoms with E-state index in [0.717, 1.165) is 106 Å². The summed E-state index contributed by atoms with van der Waals surface area (Å²) in [6.45, 7) is -0.101. The van der Waals surface area contributed by atoms with Gasteiger partial charge in [-0.2, -0.15) is 0 Å². The molecule has 0 amide bonds. The fourth-order valence-corrected chi connectivity index (χ4v) is 8.89. The molecule has 0 spiro atoms. The summed E-state index contributed by atoms with van der Waals surface area (Å²) in [5.74, 6) is 3.26. The lowest BCUT2D eigenvalue weighted by Crippen LogP contribution is -2.57. The molecule has 0 radical (unpaired) electrons. The van der Waals surface area contributed by atoms with Crippen molar-refractivity contribution in [3.8, 4) is 23.0 Å². The molecule has 2 aliphatic rings. The average Bonchev–Trinajstić information content (AvgIpc) is 3.62. The highest BCUT2D eigenvalue weighted by Crippen LogP contribution is 2.42. The normalized spacial score (nSPS) is 12.4. The second-order valence-electron chi connectivity index (χ2n) is 14.9. The van der Waals surface area contributed by atoms with E-state index < -0.39 is 0 Å². The number of hydrogen-bond donors (Lipinski definition) is 0. The van der Waals surface area contributed by atoms with Gasteiger partial charge >= 0.3 is 0 Å². The molecule has 58 heavy (non-hydrogen) atoms. The number of benzene rings is 9. The maximum Gasteiger partial charge on any atom is 0.260 e. The summed E-state index contributed by atoms with van der Waals surface area (Å²) < 4.78 is 20.2. The summed E-state index contributed by atoms with van der Waals surface area (Å²) in [6, 6.07) is 70.0. The van der Waals surface area contributed by atoms with E-state index in [4.69, 9.17) is 13.9 Å². The predicted octanol–water partition coefficient (Wildman–Crippen LogP) is 12.4. The highest BCUT2D eigenvalue weighted by atomic mass is 16.5. The van der Waals surface area contributed by atoms with E-state index >= 15 is 0 Å². The molecule has 0 saturated heterocycles. The molecule has 0 unspecified atom stereocenters. The topological polar surface area (TPSA) is 38.1 Å². The van der Waals surface area contributed by atoms with Crippen molar-refractivity contribution in [1.29, 1.82) is 0 Å². The maximum absolute atomic E-state index is 6.75. The van der Waals surface area contributed by atoms with Crippen LogP contribution in [0.5, 0.6) is 23.0 Å². The molecule has 9 aromatic carbocycles. The third kappa shape index (κ3) is 5.19. The van der Waals surface area contributed by atoms with Crippen LogP contribution in [-0.4, -0.2) is 6.71 Å². The molecule has 6 heteroatoms. The highest BCUT2D eigenvalue weighted by molar-refractivity contribution is 6.98. The van der Waals surface area contributed by atoms with Gasteiger partial charge in [0.15, 0.2) is 0 Å². The van der Waals surface area contributed by atoms with Crippen LogP contribution in [0.2, 0.25) is 0 Å². The van der Waals surface area contributed by atoms with Gasteiger partial charge in [0.2, 0.25) is 0 Å². The van der Waals surface area contributed by atoms with Crippen molar-refractivity contribution in [2.45, 2.75) is 0 Å². The minimum atomic E-state index is -0.101. The molecule has 0 atom stereocenters. The molecule has 272 valence electrons. The Morgan fingerprint density at radius 1 is 0.328 bits per heavy atom. The predicted molar refractivity (Wildman–Crippen MR) is 238 cm³/mol. The van der Waals surface area contributed by atoms with Crippen LogP contribution in [0.4, 0.5) is 34.1 Å². The number of hydrogen-bond acceptors (Lipinski definition) is 5. The van der Waals surface area contributed by atoms with E-state index in [-0.39, 0.29) is 6.71 Å². The Bertz CT molecular complexity index is 3110. The quantitative estimate of drug-likeness (QED) is 0.159. The van der Waals surface area contributed by atoms with Gasteiger partial charge in [0.25, 0.3) is 6.71 Å². The van der Waals surface area contributed by atoms with Gasteiger partial charge in [-0.25, -0.2) is 0 Å². The largest absolute Gasteiger partial charge is 0.458 e. The number of anilines is 6. The van der Waals surface area contributed by atoms with Crippen LogP contribution in [0, 0.1) is 0 Å². The molecule has 0 fully saturated rings. The molecule has 0 saturated carbocycles. The van der Waals surface area contributed by atoms with Gasteiger partial charge < -0.3 is 23.7 Å². The molecule has 3 heterocycles. The number of ether oxygens (including phenoxy) is 2. The van der Waals surface area contributed by atoms with Gasteiger partial charge in [-0.1, -0.05) is 91.0 Å². The first-order valence-electron chi connectivity index (χ1n) is 19.6. The van der Waals surface area contributed by atoms with Gasteiger partial charge in [0, 0.05) is 56.4 Å². The van der Waals surface area contributed by atoms with Crippen molar-refractivity contribution >= 4 is 89.9 Å². The number of fused-ring (bicyclic) bond motifs is 8. The first-order chi connectivity index (χ1) is 28.7. The van der Waals surface area contributed by atoms with Crippen LogP contribution in [0.15, 0.2) is 205 Å². The zero-order valence-electron chi connectivity index (χ0n) is 31.2. The monoisotopic (exact) mass is 744 g/mol. The molecule has 0 bridgehead atoms. The Morgan fingerprint density at radius 2 is 0.828 bits per heavy atom. The van der Waals surface area contributed by atoms with Crippen molar-refractivity contribution in [3.05, 3.63) is 200 Å². The number of nitrogens with zero attached hydrogens (tertiary/aromatic N) is 2. The molecule has 12 rings (SSSR count). The van der Waals surface area contributed by atoms with Gasteiger partial charge in [-0.05, 0) is 125 Å². The first-order valence-corrected chi connectivity index (χ1v) is 19.6. The van der Waals surface area contributed by atoms with Crippen LogP contribution in [0.3, 0.4) is 0 Å². The lowest BCUT2D eigenvalue weighted by atomic mass is 9.35. The first kappa shape index (κ1) is 32.5. The van der Waals surface area contributed by atoms with Crippen LogP contribution in [0.1, 0.15) is 0 Å². The van der Waals surface area contributed by atoms with Crippen LogP contribution < -0.4 is 35.7 Å². The van der Waals surface area contributed by atoms with Crippen LogP contribution >= 0.6 is 0 Å². The molecule has 0 N–H and O–H groups in total. The fourth-order valence-electron chi connectivity index (χ4n) is 8.89. The Morgan fingerprint density at radius 3 is 1.41 bits per heavy atom. The smallest absolute Gasteiger partial charge is 0.260 e. The lowest BCUT2D eigenvalue weighted by molar-refractivity contribution is 0.465. The Labute approximate surface area is 335 Å². The molecular formula is C52H33BN2O3. The van der Waals surface area contributed by atoms with Gasteiger partial charge in [0.05, 0.1) is 0 Å². The van der Waals surface area contributed by atoms with Crippen molar-refractivity contribution in [3.63, 3.8) is 0 Å². The third-order valence-corrected chi connectivity index (χ3v) is 11.5. The average molecular weight is 745 g/mol. The third-order valence-electron chi connectivity index (χ3n) is 11.5. The molecule has 0 aliphatic carbocycles. The van der Waals surface area contributed by atoms with Gasteiger partial charge in [-0.3, -0.25) is 0 Å². The van der Waals surface area contributed by atoms with Gasteiger partial charge in [0.1, 0.15) is 34.2 Å². The number of para-hydroxylation sites is 4. The molecule has 5 nitrogen and oxygen atoms in total. The second-order valence-corrected chi connectivity index (χ2v) is 14.9. The van der Waals surface area contributed by atoms with Crippen molar-refractivity contribution < 1.29 is 13.9 Å². The second kappa shape index (κ2) is 12.9. The summed E-state index contributed by atoms with van der Waals surface area (Å²) >= 11 is 0. The van der Waals surface area contributed by atoms with E-state index in [1.165, 1.54) is 0 Å². The molecule has 1 aromatic heterocycles. The van der Waals surface area contributed by atoms with Gasteiger partial charge in [-0.15, -0.1) is 0 Å². The van der Waals surface area contributed by atoms with E-state index in [0.29, 0.717) is 0 Å². The van der Waals surface area contributed by atoms with E-state index in [9.17, 15) is 0 Å². The van der Waals surface area contributed by atoms with E-state index in [1.54, 1.807) is 0 Å². The number of rotatable bonds is 6. The fraction of sp³-hybridized carbons (Fsp3) is 0. The summed E-state index contributed by atoms with van der Waals surface area (Å²) in [5, 5.41) is 4.33. The summed E-state index contributed by atoms with van der Waals surface area (Å²) in [7, 11) is 0. The van der Waals surface area contributed by atoms with Crippen molar-refractivity contribution in [2.24, 2.45) is 0 Å². The van der Waals surface area contributed by atoms with Crippen LogP contribution in [0.25, 0.3) is 32.7 Å². The Hall–Kier alpha value is -7.70. The Balaban J connectivity index is 0.980. The van der Waals surface area contributed by atoms with Crippen molar-refractivity contribution in [2.75, 3.05) is 9.80 Å². The zero-order chi connectivity index (χ0) is 38.2. The standard InChI is InChI=1S/C52H33BN2O3/c1-5-14-36(15-6-1)54(37-16-7-2-8-17-37)40-25-24-34-29-42-43-32-51-45(33-49(43)58-48(42)30-35(34)28-40)53-44-27-26-41(31-50(44)56-46-22-13-23-47(57-51)52(46)53)55(38-18-9-3-10-19-38)39-20-11-4-12-21-39/h1-33H. The minimum absolute atomic E-state index is 0.101. The number of furan rings is 1. The summed E-state index contributed by atoms with van der Waals surface area (Å²) in [6.07, 6.45) is 0. The van der Waals surface area contributed by atoms with Crippen molar-refractivity contribution in [1.82, 2.24) is 0 Å². The molecular weight excluding hydrogens is 711 g/mol. The maximum atomic E-state index is 6.75.